The average molecular weight is 413 g/mol. The van der Waals surface area contributed by atoms with Crippen molar-refractivity contribution in [3.05, 3.63) is 57.4 Å². The minimum Gasteiger partial charge on any atom is -0.466 e. The van der Waals surface area contributed by atoms with Gasteiger partial charge in [0.15, 0.2) is 0 Å². The van der Waals surface area contributed by atoms with Gasteiger partial charge in [-0.1, -0.05) is 29.8 Å². The van der Waals surface area contributed by atoms with Crippen LogP contribution in [0.3, 0.4) is 0 Å². The van der Waals surface area contributed by atoms with Crippen molar-refractivity contribution in [2.24, 2.45) is 5.73 Å². The quantitative estimate of drug-likeness (QED) is 0.631. The Morgan fingerprint density at radius 3 is 2.61 bits per heavy atom. The molecular weight excluding hydrogens is 384 g/mol. The number of rotatable bonds is 8. The normalized spacial score (nSPS) is 19.8. The number of nitrogens with two attached hydrogens (primary N) is 1. The van der Waals surface area contributed by atoms with Gasteiger partial charge in [0.25, 0.3) is 0 Å². The summed E-state index contributed by atoms with van der Waals surface area (Å²) < 4.78 is 45.6. The Balaban J connectivity index is 2.69. The molecular formula is C20H25ClN2O5. The van der Waals surface area contributed by atoms with Crippen molar-refractivity contribution < 1.29 is 29.3 Å². The first-order valence-corrected chi connectivity index (χ1v) is 8.87. The highest BCUT2D eigenvalue weighted by Crippen LogP contribution is 2.41. The summed E-state index contributed by atoms with van der Waals surface area (Å²) in [6.07, 6.45) is 0. The lowest BCUT2D eigenvalue weighted by molar-refractivity contribution is -0.139. The summed E-state index contributed by atoms with van der Waals surface area (Å²) in [5, 5.41) is 3.16. The van der Waals surface area contributed by atoms with Crippen LogP contribution in [0.25, 0.3) is 0 Å². The molecule has 1 aliphatic heterocycles. The van der Waals surface area contributed by atoms with Crippen LogP contribution < -0.4 is 11.1 Å². The zero-order chi connectivity index (χ0) is 24.3. The number of carbonyl (C=O) groups is 2. The van der Waals surface area contributed by atoms with E-state index in [1.54, 1.807) is 38.1 Å². The molecule has 0 spiro atoms. The molecule has 1 atom stereocenters. The number of carbonyl (C=O) groups excluding carboxylic acids is 2. The summed E-state index contributed by atoms with van der Waals surface area (Å²) in [7, 11) is 1.20. The Morgan fingerprint density at radius 1 is 1.29 bits per heavy atom. The lowest BCUT2D eigenvalue weighted by Gasteiger charge is -2.31. The standard InChI is InChI=1S/C20H25ClN2O5/c1-4-28-20(25)18-15(11-27-10-9-22)23-12(2)16(19(24)26-3)17(18)13-7-5-6-8-14(13)21/h5-8,17,23H,4,9-11,22H2,1-3H3/i9D2,10D2. The predicted molar refractivity (Wildman–Crippen MR) is 106 cm³/mol. The van der Waals surface area contributed by atoms with Crippen LogP contribution in [0.1, 0.15) is 30.8 Å². The fourth-order valence-corrected chi connectivity index (χ4v) is 3.26. The van der Waals surface area contributed by atoms with Crippen LogP contribution in [0.2, 0.25) is 5.02 Å². The van der Waals surface area contributed by atoms with Crippen LogP contribution in [0, 0.1) is 0 Å². The SMILES string of the molecule is [2H]C([2H])(N)C([2H])([2H])OCC1=C(C(=O)OCC)C(c2ccccc2Cl)C(C(=O)OC)=C(C)N1. The van der Waals surface area contributed by atoms with E-state index in [0.29, 0.717) is 11.3 Å². The molecule has 3 N–H and O–H groups in total. The molecule has 0 aromatic heterocycles. The molecule has 0 aliphatic carbocycles. The lowest BCUT2D eigenvalue weighted by atomic mass is 9.80. The van der Waals surface area contributed by atoms with E-state index in [1.807, 2.05) is 0 Å². The van der Waals surface area contributed by atoms with Gasteiger partial charge in [-0.15, -0.1) is 0 Å². The van der Waals surface area contributed by atoms with Crippen LogP contribution in [-0.4, -0.2) is 45.3 Å². The zero-order valence-electron chi connectivity index (χ0n) is 19.8. The van der Waals surface area contributed by atoms with E-state index in [0.717, 1.165) is 0 Å². The number of dihydropyridines is 1. The number of benzene rings is 1. The van der Waals surface area contributed by atoms with E-state index >= 15 is 0 Å². The number of allylic oxidation sites excluding steroid dienone is 1. The molecule has 0 bridgehead atoms. The van der Waals surface area contributed by atoms with Crippen LogP contribution in [0.5, 0.6) is 0 Å². The maximum absolute atomic E-state index is 13.0. The molecule has 0 fully saturated rings. The van der Waals surface area contributed by atoms with Crippen molar-refractivity contribution in [1.29, 1.82) is 0 Å². The third kappa shape index (κ3) is 4.73. The van der Waals surface area contributed by atoms with E-state index in [4.69, 9.17) is 37.0 Å². The molecule has 152 valence electrons. The van der Waals surface area contributed by atoms with E-state index in [-0.39, 0.29) is 28.5 Å². The first-order chi connectivity index (χ1) is 14.9. The summed E-state index contributed by atoms with van der Waals surface area (Å²) in [6.45, 7) is -3.02. The molecule has 0 saturated heterocycles. The molecule has 8 heteroatoms. The van der Waals surface area contributed by atoms with Crippen molar-refractivity contribution in [2.75, 3.05) is 33.4 Å². The summed E-state index contributed by atoms with van der Waals surface area (Å²) in [4.78, 5) is 25.7. The summed E-state index contributed by atoms with van der Waals surface area (Å²) in [5.41, 5.74) is 6.13. The number of nitrogens with one attached hydrogen (secondary N) is 1. The fourth-order valence-electron chi connectivity index (χ4n) is 3.01. The molecule has 1 unspecified atom stereocenters. The second kappa shape index (κ2) is 10.3. The average Bonchev–Trinajstić information content (AvgIpc) is 2.71. The molecule has 0 saturated carbocycles. The van der Waals surface area contributed by atoms with E-state index in [9.17, 15) is 9.59 Å². The minimum atomic E-state index is -2.87. The maximum Gasteiger partial charge on any atom is 0.336 e. The molecule has 1 aliphatic rings. The topological polar surface area (TPSA) is 99.9 Å². The number of hydrogen-bond donors (Lipinski definition) is 2. The molecule has 1 aromatic carbocycles. The van der Waals surface area contributed by atoms with Crippen molar-refractivity contribution in [2.45, 2.75) is 19.8 Å². The largest absolute Gasteiger partial charge is 0.466 e. The Labute approximate surface area is 175 Å². The Kier molecular flexibility index (Phi) is 6.08. The van der Waals surface area contributed by atoms with Gasteiger partial charge in [-0.2, -0.15) is 0 Å². The molecule has 0 radical (unpaired) electrons. The van der Waals surface area contributed by atoms with Crippen molar-refractivity contribution in [3.63, 3.8) is 0 Å². The maximum atomic E-state index is 13.0. The van der Waals surface area contributed by atoms with E-state index < -0.39 is 37.5 Å². The predicted octanol–water partition coefficient (Wildman–Crippen LogP) is 2.27. The van der Waals surface area contributed by atoms with Crippen molar-refractivity contribution in [3.8, 4) is 0 Å². The lowest BCUT2D eigenvalue weighted by Crippen LogP contribution is -2.35. The Morgan fingerprint density at radius 2 is 2.00 bits per heavy atom. The highest BCUT2D eigenvalue weighted by molar-refractivity contribution is 6.31. The number of esters is 2. The molecule has 1 heterocycles. The first-order valence-electron chi connectivity index (χ1n) is 10.5. The van der Waals surface area contributed by atoms with Gasteiger partial charge in [0, 0.05) is 20.0 Å². The number of hydrogen-bond acceptors (Lipinski definition) is 7. The summed E-state index contributed by atoms with van der Waals surface area (Å²) in [5.74, 6) is -2.49. The first kappa shape index (κ1) is 16.6. The second-order valence-electron chi connectivity index (χ2n) is 5.76. The van der Waals surface area contributed by atoms with Gasteiger partial charge in [0.2, 0.25) is 0 Å². The second-order valence-corrected chi connectivity index (χ2v) is 6.16. The van der Waals surface area contributed by atoms with Crippen molar-refractivity contribution in [1.82, 2.24) is 5.32 Å². The van der Waals surface area contributed by atoms with Gasteiger partial charge in [-0.3, -0.25) is 0 Å². The highest BCUT2D eigenvalue weighted by Gasteiger charge is 2.39. The van der Waals surface area contributed by atoms with E-state index in [1.165, 1.54) is 7.11 Å². The number of halogens is 1. The van der Waals surface area contributed by atoms with Crippen LogP contribution in [0.4, 0.5) is 0 Å². The zero-order valence-corrected chi connectivity index (χ0v) is 16.6. The van der Waals surface area contributed by atoms with Crippen molar-refractivity contribution >= 4 is 23.5 Å². The van der Waals surface area contributed by atoms with Gasteiger partial charge in [0.05, 0.1) is 52.4 Å². The van der Waals surface area contributed by atoms with Gasteiger partial charge < -0.3 is 25.3 Å². The highest BCUT2D eigenvalue weighted by atomic mass is 35.5. The van der Waals surface area contributed by atoms with Crippen LogP contribution in [-0.2, 0) is 23.8 Å². The van der Waals surface area contributed by atoms with Gasteiger partial charge >= 0.3 is 11.9 Å². The number of ether oxygens (including phenoxy) is 3. The molecule has 2 rings (SSSR count). The molecule has 0 amide bonds. The minimum absolute atomic E-state index is 0.0359. The fraction of sp³-hybridized carbons (Fsp3) is 0.400. The van der Waals surface area contributed by atoms with Gasteiger partial charge in [-0.05, 0) is 25.5 Å². The third-order valence-corrected chi connectivity index (χ3v) is 4.45. The number of methoxy groups -OCH3 is 1. The smallest absolute Gasteiger partial charge is 0.336 e. The van der Waals surface area contributed by atoms with Crippen LogP contribution in [0.15, 0.2) is 46.8 Å². The van der Waals surface area contributed by atoms with Gasteiger partial charge in [0.1, 0.15) is 0 Å². The molecule has 28 heavy (non-hydrogen) atoms. The molecule has 1 aromatic rings. The molecule has 7 nitrogen and oxygen atoms in total. The van der Waals surface area contributed by atoms with Gasteiger partial charge in [-0.25, -0.2) is 9.59 Å². The van der Waals surface area contributed by atoms with Crippen LogP contribution >= 0.6 is 11.6 Å². The summed E-state index contributed by atoms with van der Waals surface area (Å²) in [6, 6.07) is 6.62. The Bertz CT molecular complexity index is 960. The monoisotopic (exact) mass is 412 g/mol. The Hall–Kier alpha value is -2.35. The summed E-state index contributed by atoms with van der Waals surface area (Å²) >= 11 is 6.40. The van der Waals surface area contributed by atoms with E-state index in [2.05, 4.69) is 5.32 Å². The third-order valence-electron chi connectivity index (χ3n) is 4.11.